The molecule has 4 rings (SSSR count). The fourth-order valence-corrected chi connectivity index (χ4v) is 3.61. The smallest absolute Gasteiger partial charge is 0.246 e. The molecule has 0 radical (unpaired) electrons. The third kappa shape index (κ3) is 4.38. The van der Waals surface area contributed by atoms with Gasteiger partial charge in [-0.3, -0.25) is 14.8 Å². The molecule has 1 aliphatic rings. The summed E-state index contributed by atoms with van der Waals surface area (Å²) in [6.45, 7) is 5.76. The van der Waals surface area contributed by atoms with Crippen LogP contribution in [0.5, 0.6) is 0 Å². The van der Waals surface area contributed by atoms with Gasteiger partial charge in [0.25, 0.3) is 0 Å². The molecule has 1 amide bonds. The number of nitrogens with zero attached hydrogens (tertiary/aromatic N) is 3. The second-order valence-corrected chi connectivity index (χ2v) is 7.42. The third-order valence-electron chi connectivity index (χ3n) is 5.42. The average Bonchev–Trinajstić information content (AvgIpc) is 3.49. The summed E-state index contributed by atoms with van der Waals surface area (Å²) in [7, 11) is 0. The SMILES string of the molecule is CCN(CC)C(C(=O)Nc1ccc(-c2n[nH]c(C3CC3)n2)cc1)c1ccccc1. The number of hydrogen-bond donors (Lipinski definition) is 2. The summed E-state index contributed by atoms with van der Waals surface area (Å²) in [5, 5.41) is 10.4. The quantitative estimate of drug-likeness (QED) is 0.600. The highest BCUT2D eigenvalue weighted by Gasteiger charge is 2.27. The van der Waals surface area contributed by atoms with Crippen LogP contribution in [0.25, 0.3) is 11.4 Å². The van der Waals surface area contributed by atoms with Crippen LogP contribution in [-0.4, -0.2) is 39.1 Å². The van der Waals surface area contributed by atoms with Gasteiger partial charge in [-0.2, -0.15) is 5.10 Å². The molecule has 1 atom stereocenters. The molecule has 29 heavy (non-hydrogen) atoms. The lowest BCUT2D eigenvalue weighted by atomic mass is 10.0. The Hall–Kier alpha value is -2.99. The number of H-pyrrole nitrogens is 1. The topological polar surface area (TPSA) is 73.9 Å². The number of nitrogens with one attached hydrogen (secondary N) is 2. The number of benzene rings is 2. The fourth-order valence-electron chi connectivity index (χ4n) is 3.61. The lowest BCUT2D eigenvalue weighted by Gasteiger charge is -2.29. The van der Waals surface area contributed by atoms with Gasteiger partial charge in [-0.25, -0.2) is 4.98 Å². The zero-order valence-corrected chi connectivity index (χ0v) is 16.9. The molecule has 1 aliphatic carbocycles. The Morgan fingerprint density at radius 3 is 2.41 bits per heavy atom. The van der Waals surface area contributed by atoms with E-state index in [9.17, 15) is 4.79 Å². The van der Waals surface area contributed by atoms with Gasteiger partial charge in [0.2, 0.25) is 5.91 Å². The van der Waals surface area contributed by atoms with Crippen molar-refractivity contribution in [2.75, 3.05) is 18.4 Å². The summed E-state index contributed by atoms with van der Waals surface area (Å²) in [6, 6.07) is 17.3. The first-order chi connectivity index (χ1) is 14.2. The van der Waals surface area contributed by atoms with Gasteiger partial charge in [0, 0.05) is 17.2 Å². The molecule has 6 heteroatoms. The fraction of sp³-hybridized carbons (Fsp3) is 0.348. The Morgan fingerprint density at radius 2 is 1.79 bits per heavy atom. The summed E-state index contributed by atoms with van der Waals surface area (Å²) in [4.78, 5) is 19.9. The molecule has 150 valence electrons. The molecule has 0 bridgehead atoms. The van der Waals surface area contributed by atoms with Crippen LogP contribution in [0.15, 0.2) is 54.6 Å². The number of hydrogen-bond acceptors (Lipinski definition) is 4. The number of likely N-dealkylation sites (N-methyl/N-ethyl adjacent to an activating group) is 1. The summed E-state index contributed by atoms with van der Waals surface area (Å²) in [5.74, 6) is 2.20. The van der Waals surface area contributed by atoms with Crippen molar-refractivity contribution in [3.63, 3.8) is 0 Å². The second kappa shape index (κ2) is 8.57. The number of anilines is 1. The number of rotatable bonds is 8. The standard InChI is InChI=1S/C23H27N5O/c1-3-28(4-2)20(16-8-6-5-7-9-16)23(29)24-19-14-12-18(13-15-19)22-25-21(26-27-22)17-10-11-17/h5-9,12-15,17,20H,3-4,10-11H2,1-2H3,(H,24,29)(H,25,26,27). The molecule has 0 spiro atoms. The first-order valence-electron chi connectivity index (χ1n) is 10.3. The highest BCUT2D eigenvalue weighted by Crippen LogP contribution is 2.38. The van der Waals surface area contributed by atoms with E-state index in [1.54, 1.807) is 0 Å². The minimum atomic E-state index is -0.319. The molecule has 2 aromatic carbocycles. The molecular weight excluding hydrogens is 362 g/mol. The second-order valence-electron chi connectivity index (χ2n) is 7.42. The van der Waals surface area contributed by atoms with E-state index in [1.165, 1.54) is 12.8 Å². The van der Waals surface area contributed by atoms with Gasteiger partial charge in [-0.1, -0.05) is 44.2 Å². The number of aromatic amines is 1. The number of amides is 1. The zero-order chi connectivity index (χ0) is 20.2. The largest absolute Gasteiger partial charge is 0.324 e. The highest BCUT2D eigenvalue weighted by atomic mass is 16.2. The summed E-state index contributed by atoms with van der Waals surface area (Å²) < 4.78 is 0. The van der Waals surface area contributed by atoms with Crippen molar-refractivity contribution in [1.29, 1.82) is 0 Å². The Balaban J connectivity index is 1.49. The monoisotopic (exact) mass is 389 g/mol. The molecule has 3 aromatic rings. The van der Waals surface area contributed by atoms with Gasteiger partial charge in [-0.15, -0.1) is 0 Å². The summed E-state index contributed by atoms with van der Waals surface area (Å²) in [5.41, 5.74) is 2.71. The van der Waals surface area contributed by atoms with E-state index in [4.69, 9.17) is 0 Å². The Morgan fingerprint density at radius 1 is 1.10 bits per heavy atom. The summed E-state index contributed by atoms with van der Waals surface area (Å²) >= 11 is 0. The van der Waals surface area contributed by atoms with Crippen LogP contribution >= 0.6 is 0 Å². The van der Waals surface area contributed by atoms with Crippen molar-refractivity contribution in [3.8, 4) is 11.4 Å². The van der Waals surface area contributed by atoms with Crippen LogP contribution in [0.3, 0.4) is 0 Å². The molecule has 1 saturated carbocycles. The van der Waals surface area contributed by atoms with Crippen LogP contribution in [0.2, 0.25) is 0 Å². The predicted octanol–water partition coefficient (Wildman–Crippen LogP) is 4.37. The van der Waals surface area contributed by atoms with Crippen LogP contribution < -0.4 is 5.32 Å². The molecule has 2 N–H and O–H groups in total. The maximum atomic E-state index is 13.1. The van der Waals surface area contributed by atoms with Crippen molar-refractivity contribution in [1.82, 2.24) is 20.1 Å². The zero-order valence-electron chi connectivity index (χ0n) is 16.9. The maximum absolute atomic E-state index is 13.1. The molecule has 1 heterocycles. The van der Waals surface area contributed by atoms with E-state index in [0.29, 0.717) is 11.7 Å². The first kappa shape index (κ1) is 19.3. The minimum absolute atomic E-state index is 0.0263. The van der Waals surface area contributed by atoms with Crippen LogP contribution in [-0.2, 0) is 4.79 Å². The number of carbonyl (C=O) groups is 1. The third-order valence-corrected chi connectivity index (χ3v) is 5.42. The predicted molar refractivity (Wildman–Crippen MR) is 115 cm³/mol. The highest BCUT2D eigenvalue weighted by molar-refractivity contribution is 5.95. The number of carbonyl (C=O) groups excluding carboxylic acids is 1. The molecule has 0 saturated heterocycles. The Kier molecular flexibility index (Phi) is 5.71. The van der Waals surface area contributed by atoms with E-state index < -0.39 is 0 Å². The lowest BCUT2D eigenvalue weighted by Crippen LogP contribution is -2.37. The first-order valence-corrected chi connectivity index (χ1v) is 10.3. The molecule has 6 nitrogen and oxygen atoms in total. The minimum Gasteiger partial charge on any atom is -0.324 e. The summed E-state index contributed by atoms with van der Waals surface area (Å²) in [6.07, 6.45) is 2.38. The van der Waals surface area contributed by atoms with Gasteiger partial charge >= 0.3 is 0 Å². The van der Waals surface area contributed by atoms with E-state index in [1.807, 2.05) is 54.6 Å². The van der Waals surface area contributed by atoms with Gasteiger partial charge in [-0.05, 0) is 55.8 Å². The van der Waals surface area contributed by atoms with Crippen LogP contribution in [0, 0.1) is 0 Å². The molecule has 1 aromatic heterocycles. The average molecular weight is 390 g/mol. The lowest BCUT2D eigenvalue weighted by molar-refractivity contribution is -0.121. The van der Waals surface area contributed by atoms with Crippen LogP contribution in [0.1, 0.15) is 50.0 Å². The normalized spacial score (nSPS) is 14.7. The van der Waals surface area contributed by atoms with Crippen LogP contribution in [0.4, 0.5) is 5.69 Å². The van der Waals surface area contributed by atoms with Crippen molar-refractivity contribution in [2.24, 2.45) is 0 Å². The van der Waals surface area contributed by atoms with Gasteiger partial charge in [0.1, 0.15) is 11.9 Å². The van der Waals surface area contributed by atoms with E-state index >= 15 is 0 Å². The Labute approximate surface area is 171 Å². The van der Waals surface area contributed by atoms with Crippen molar-refractivity contribution < 1.29 is 4.79 Å². The van der Waals surface area contributed by atoms with Gasteiger partial charge in [0.05, 0.1) is 0 Å². The van der Waals surface area contributed by atoms with E-state index in [2.05, 4.69) is 39.2 Å². The van der Waals surface area contributed by atoms with Crippen molar-refractivity contribution >= 4 is 11.6 Å². The maximum Gasteiger partial charge on any atom is 0.246 e. The number of aromatic nitrogens is 3. The molecule has 0 aliphatic heterocycles. The van der Waals surface area contributed by atoms with Crippen molar-refractivity contribution in [2.45, 2.75) is 38.6 Å². The van der Waals surface area contributed by atoms with E-state index in [0.717, 1.165) is 35.7 Å². The molecular formula is C23H27N5O. The van der Waals surface area contributed by atoms with Gasteiger partial charge in [0.15, 0.2) is 5.82 Å². The van der Waals surface area contributed by atoms with Crippen molar-refractivity contribution in [3.05, 3.63) is 66.0 Å². The molecule has 1 unspecified atom stereocenters. The van der Waals surface area contributed by atoms with E-state index in [-0.39, 0.29) is 11.9 Å². The Bertz CT molecular complexity index is 943. The van der Waals surface area contributed by atoms with Gasteiger partial charge < -0.3 is 5.32 Å². The molecule has 1 fully saturated rings.